The van der Waals surface area contributed by atoms with Crippen molar-refractivity contribution in [1.29, 1.82) is 0 Å². The lowest BCUT2D eigenvalue weighted by molar-refractivity contribution is 0.0349. The van der Waals surface area contributed by atoms with Gasteiger partial charge in [0.2, 0.25) is 0 Å². The highest BCUT2D eigenvalue weighted by atomic mass is 32.1. The molecule has 7 nitrogen and oxygen atoms in total. The van der Waals surface area contributed by atoms with Gasteiger partial charge in [-0.05, 0) is 55.5 Å². The van der Waals surface area contributed by atoms with Gasteiger partial charge in [0.05, 0.1) is 42.9 Å². The van der Waals surface area contributed by atoms with E-state index in [-0.39, 0.29) is 12.1 Å². The summed E-state index contributed by atoms with van der Waals surface area (Å²) in [6, 6.07) is 14.5. The van der Waals surface area contributed by atoms with Crippen molar-refractivity contribution in [2.45, 2.75) is 19.0 Å². The van der Waals surface area contributed by atoms with E-state index < -0.39 is 0 Å². The van der Waals surface area contributed by atoms with Gasteiger partial charge in [0.15, 0.2) is 5.11 Å². The van der Waals surface area contributed by atoms with Crippen LogP contribution in [0.2, 0.25) is 0 Å². The van der Waals surface area contributed by atoms with Gasteiger partial charge in [-0.1, -0.05) is 6.07 Å². The van der Waals surface area contributed by atoms with Crippen molar-refractivity contribution in [2.75, 3.05) is 39.4 Å². The van der Waals surface area contributed by atoms with Gasteiger partial charge in [-0.15, -0.1) is 0 Å². The Bertz CT molecular complexity index is 1050. The van der Waals surface area contributed by atoms with Crippen LogP contribution in [0.3, 0.4) is 0 Å². The van der Waals surface area contributed by atoms with Crippen LogP contribution in [0.4, 0.5) is 0 Å². The minimum Gasteiger partial charge on any atom is -0.379 e. The molecule has 0 bridgehead atoms. The molecule has 32 heavy (non-hydrogen) atoms. The second kappa shape index (κ2) is 9.36. The van der Waals surface area contributed by atoms with Crippen molar-refractivity contribution < 1.29 is 4.74 Å². The van der Waals surface area contributed by atoms with Gasteiger partial charge in [-0.3, -0.25) is 14.9 Å². The third-order valence-corrected chi connectivity index (χ3v) is 6.62. The number of hydrogen-bond donors (Lipinski definition) is 1. The zero-order valence-electron chi connectivity index (χ0n) is 18.2. The molecule has 2 saturated heterocycles. The van der Waals surface area contributed by atoms with Crippen LogP contribution in [-0.4, -0.2) is 68.8 Å². The number of thiocarbonyl (C=S) groups is 1. The smallest absolute Gasteiger partial charge is 0.170 e. The van der Waals surface area contributed by atoms with Crippen molar-refractivity contribution in [1.82, 2.24) is 29.7 Å². The molecule has 3 aromatic heterocycles. The molecule has 166 valence electrons. The number of pyridine rings is 2. The number of nitrogens with zero attached hydrogens (tertiary/aromatic N) is 5. The second-order valence-corrected chi connectivity index (χ2v) is 8.61. The summed E-state index contributed by atoms with van der Waals surface area (Å²) < 4.78 is 7.80. The number of rotatable bonds is 6. The first-order valence-electron chi connectivity index (χ1n) is 11.1. The van der Waals surface area contributed by atoms with Crippen molar-refractivity contribution in [2.24, 2.45) is 0 Å². The van der Waals surface area contributed by atoms with Gasteiger partial charge in [-0.25, -0.2) is 0 Å². The Kier molecular flexibility index (Phi) is 6.16. The van der Waals surface area contributed by atoms with Crippen molar-refractivity contribution in [3.63, 3.8) is 0 Å². The van der Waals surface area contributed by atoms with E-state index in [9.17, 15) is 0 Å². The minimum absolute atomic E-state index is 0.0207. The van der Waals surface area contributed by atoms with E-state index in [2.05, 4.69) is 60.8 Å². The second-order valence-electron chi connectivity index (χ2n) is 8.22. The molecule has 3 aromatic rings. The van der Waals surface area contributed by atoms with Crippen LogP contribution >= 0.6 is 12.2 Å². The number of aromatic nitrogens is 3. The Labute approximate surface area is 194 Å². The maximum absolute atomic E-state index is 5.85. The molecular formula is C24H28N6OS. The number of aryl methyl sites for hydroxylation is 1. The molecule has 2 aliphatic rings. The van der Waals surface area contributed by atoms with Gasteiger partial charge >= 0.3 is 0 Å². The highest BCUT2D eigenvalue weighted by Crippen LogP contribution is 2.40. The number of morpholine rings is 1. The molecule has 1 N–H and O–H groups in total. The number of ether oxygens (including phenoxy) is 1. The maximum Gasteiger partial charge on any atom is 0.170 e. The molecule has 2 aliphatic heterocycles. The highest BCUT2D eigenvalue weighted by molar-refractivity contribution is 7.80. The molecular weight excluding hydrogens is 420 g/mol. The van der Waals surface area contributed by atoms with Crippen LogP contribution in [-0.2, 0) is 4.74 Å². The Balaban J connectivity index is 1.52. The summed E-state index contributed by atoms with van der Waals surface area (Å²) >= 11 is 5.85. The van der Waals surface area contributed by atoms with Crippen LogP contribution in [0.1, 0.15) is 29.2 Å². The van der Waals surface area contributed by atoms with E-state index in [1.165, 1.54) is 11.4 Å². The molecule has 0 saturated carbocycles. The van der Waals surface area contributed by atoms with Crippen LogP contribution in [0.15, 0.2) is 61.1 Å². The molecule has 0 amide bonds. The lowest BCUT2D eigenvalue weighted by Crippen LogP contribution is -2.42. The monoisotopic (exact) mass is 448 g/mol. The van der Waals surface area contributed by atoms with Crippen LogP contribution < -0.4 is 5.32 Å². The summed E-state index contributed by atoms with van der Waals surface area (Å²) in [5.41, 5.74) is 4.39. The molecule has 0 unspecified atom stereocenters. The van der Waals surface area contributed by atoms with E-state index in [4.69, 9.17) is 17.0 Å². The molecule has 0 aromatic carbocycles. The maximum atomic E-state index is 5.85. The summed E-state index contributed by atoms with van der Waals surface area (Å²) in [5, 5.41) is 4.34. The van der Waals surface area contributed by atoms with E-state index in [1.807, 2.05) is 30.6 Å². The summed E-state index contributed by atoms with van der Waals surface area (Å²) in [4.78, 5) is 13.8. The normalized spacial score (nSPS) is 21.7. The largest absolute Gasteiger partial charge is 0.379 e. The Morgan fingerprint density at radius 1 is 1.06 bits per heavy atom. The number of nitrogens with one attached hydrogen (secondary N) is 1. The molecule has 0 radical (unpaired) electrons. The highest BCUT2D eigenvalue weighted by Gasteiger charge is 2.41. The minimum atomic E-state index is -0.0295. The van der Waals surface area contributed by atoms with Gasteiger partial charge in [0.1, 0.15) is 0 Å². The standard InChI is InChI=1S/C24H28N6OS/c1-18-7-8-21(30(18)19-5-4-9-25-17-19)23-22(20-6-2-3-10-26-20)27-24(32)29(23)12-11-28-13-15-31-16-14-28/h2-10,17,22-23H,11-16H2,1H3,(H,27,32)/t22-,23-/m1/s1. The Hall–Kier alpha value is -2.81. The first-order chi connectivity index (χ1) is 15.7. The summed E-state index contributed by atoms with van der Waals surface area (Å²) in [5.74, 6) is 0. The molecule has 5 rings (SSSR count). The first kappa shape index (κ1) is 21.1. The van der Waals surface area contributed by atoms with Crippen LogP contribution in [0, 0.1) is 6.92 Å². The molecule has 8 heteroatoms. The van der Waals surface area contributed by atoms with Crippen LogP contribution in [0.25, 0.3) is 5.69 Å². The fourth-order valence-corrected chi connectivity index (χ4v) is 5.00. The summed E-state index contributed by atoms with van der Waals surface area (Å²) in [6.45, 7) is 7.45. The molecule has 0 spiro atoms. The molecule has 0 aliphatic carbocycles. The van der Waals surface area contributed by atoms with Crippen molar-refractivity contribution in [3.8, 4) is 5.69 Å². The predicted molar refractivity (Wildman–Crippen MR) is 128 cm³/mol. The van der Waals surface area contributed by atoms with E-state index in [0.717, 1.165) is 55.9 Å². The topological polar surface area (TPSA) is 58.5 Å². The zero-order chi connectivity index (χ0) is 21.9. The average molecular weight is 449 g/mol. The van der Waals surface area contributed by atoms with Gasteiger partial charge in [-0.2, -0.15) is 0 Å². The van der Waals surface area contributed by atoms with Gasteiger partial charge in [0.25, 0.3) is 0 Å². The van der Waals surface area contributed by atoms with E-state index >= 15 is 0 Å². The van der Waals surface area contributed by atoms with E-state index in [0.29, 0.717) is 0 Å². The molecule has 5 heterocycles. The van der Waals surface area contributed by atoms with Crippen molar-refractivity contribution in [3.05, 3.63) is 78.1 Å². The Morgan fingerprint density at radius 2 is 1.94 bits per heavy atom. The summed E-state index contributed by atoms with van der Waals surface area (Å²) in [6.07, 6.45) is 5.56. The molecule has 2 atom stereocenters. The van der Waals surface area contributed by atoms with Gasteiger partial charge in [0, 0.05) is 50.0 Å². The molecule has 2 fully saturated rings. The quantitative estimate of drug-likeness (QED) is 0.582. The predicted octanol–water partition coefficient (Wildman–Crippen LogP) is 2.88. The summed E-state index contributed by atoms with van der Waals surface area (Å²) in [7, 11) is 0. The van der Waals surface area contributed by atoms with Crippen LogP contribution in [0.5, 0.6) is 0 Å². The fourth-order valence-electron chi connectivity index (χ4n) is 4.67. The number of hydrogen-bond acceptors (Lipinski definition) is 5. The fraction of sp³-hybridized carbons (Fsp3) is 0.375. The van der Waals surface area contributed by atoms with E-state index in [1.54, 1.807) is 6.20 Å². The zero-order valence-corrected chi connectivity index (χ0v) is 19.0. The first-order valence-corrected chi connectivity index (χ1v) is 11.5. The third kappa shape index (κ3) is 4.13. The van der Waals surface area contributed by atoms with Crippen molar-refractivity contribution >= 4 is 17.3 Å². The lowest BCUT2D eigenvalue weighted by Gasteiger charge is -2.32. The average Bonchev–Trinajstić information content (AvgIpc) is 3.38. The SMILES string of the molecule is Cc1ccc([C@@H]2[C@@H](c3ccccn3)NC(=S)N2CCN2CCOCC2)n1-c1cccnc1. The third-order valence-electron chi connectivity index (χ3n) is 6.27. The Morgan fingerprint density at radius 3 is 2.69 bits per heavy atom. The lowest BCUT2D eigenvalue weighted by atomic mass is 10.0. The van der Waals surface area contributed by atoms with Gasteiger partial charge < -0.3 is 19.5 Å².